The maximum atomic E-state index is 13.7. The number of aromatic nitrogens is 3. The molecule has 2 aromatic carbocycles. The Balaban J connectivity index is 1.66. The third-order valence-electron chi connectivity index (χ3n) is 4.51. The summed E-state index contributed by atoms with van der Waals surface area (Å²) in [6, 6.07) is 5.76. The standard InChI is InChI=1S/C20H12F4N4O3/c1-9-5-15-14(28(19(23)24)20(30)31-15)6-10(9)13-7-26-16(8-25-13)27-18(29)17-11(21)3-2-4-12(17)22/h2-8,19H,1H3,(H,26,27,29). The maximum Gasteiger partial charge on any atom is 0.424 e. The van der Waals surface area contributed by atoms with Crippen LogP contribution in [0, 0.1) is 18.6 Å². The first kappa shape index (κ1) is 20.3. The van der Waals surface area contributed by atoms with E-state index < -0.39 is 35.4 Å². The predicted octanol–water partition coefficient (Wildman–Crippen LogP) is 4.29. The van der Waals surface area contributed by atoms with Gasteiger partial charge < -0.3 is 9.73 Å². The molecule has 4 rings (SSSR count). The molecular formula is C20H12F4N4O3. The normalized spacial score (nSPS) is 11.3. The summed E-state index contributed by atoms with van der Waals surface area (Å²) in [5, 5.41) is 2.24. The van der Waals surface area contributed by atoms with Crippen LogP contribution in [0.2, 0.25) is 0 Å². The van der Waals surface area contributed by atoms with Crippen LogP contribution in [-0.4, -0.2) is 20.4 Å². The fourth-order valence-electron chi connectivity index (χ4n) is 3.07. The zero-order valence-electron chi connectivity index (χ0n) is 15.7. The Kier molecular flexibility index (Phi) is 5.01. The van der Waals surface area contributed by atoms with Gasteiger partial charge in [-0.3, -0.25) is 9.78 Å². The second-order valence-electron chi connectivity index (χ2n) is 6.49. The second-order valence-corrected chi connectivity index (χ2v) is 6.49. The van der Waals surface area contributed by atoms with E-state index in [4.69, 9.17) is 4.42 Å². The topological polar surface area (TPSA) is 90.0 Å². The lowest BCUT2D eigenvalue weighted by Gasteiger charge is -2.09. The monoisotopic (exact) mass is 432 g/mol. The summed E-state index contributed by atoms with van der Waals surface area (Å²) in [7, 11) is 0. The molecule has 158 valence electrons. The molecule has 0 fully saturated rings. The number of nitrogens with zero attached hydrogens (tertiary/aromatic N) is 3. The highest BCUT2D eigenvalue weighted by molar-refractivity contribution is 6.04. The molecule has 11 heteroatoms. The van der Waals surface area contributed by atoms with Crippen molar-refractivity contribution in [1.82, 2.24) is 14.5 Å². The summed E-state index contributed by atoms with van der Waals surface area (Å²) in [5.74, 6) is -4.38. The van der Waals surface area contributed by atoms with Crippen LogP contribution in [0.1, 0.15) is 22.5 Å². The average molecular weight is 432 g/mol. The first-order valence-corrected chi connectivity index (χ1v) is 8.78. The van der Waals surface area contributed by atoms with Crippen LogP contribution < -0.4 is 11.1 Å². The van der Waals surface area contributed by atoms with Gasteiger partial charge in [0.1, 0.15) is 17.2 Å². The molecular weight excluding hydrogens is 420 g/mol. The van der Waals surface area contributed by atoms with E-state index >= 15 is 0 Å². The predicted molar refractivity (Wildman–Crippen MR) is 102 cm³/mol. The van der Waals surface area contributed by atoms with E-state index in [1.807, 2.05) is 0 Å². The Labute approximate surface area is 171 Å². The number of oxazole rings is 1. The number of carbonyl (C=O) groups excluding carboxylic acids is 1. The molecule has 0 radical (unpaired) electrons. The van der Waals surface area contributed by atoms with Gasteiger partial charge in [0.15, 0.2) is 11.4 Å². The number of amides is 1. The van der Waals surface area contributed by atoms with Crippen molar-refractivity contribution in [3.8, 4) is 11.3 Å². The molecule has 0 unspecified atom stereocenters. The van der Waals surface area contributed by atoms with Crippen molar-refractivity contribution in [3.63, 3.8) is 0 Å². The van der Waals surface area contributed by atoms with Crippen molar-refractivity contribution >= 4 is 22.8 Å². The lowest BCUT2D eigenvalue weighted by atomic mass is 10.1. The average Bonchev–Trinajstić information content (AvgIpc) is 3.02. The second kappa shape index (κ2) is 7.67. The molecule has 0 spiro atoms. The third-order valence-corrected chi connectivity index (χ3v) is 4.51. The largest absolute Gasteiger partial charge is 0.424 e. The molecule has 0 atom stereocenters. The third kappa shape index (κ3) is 3.65. The van der Waals surface area contributed by atoms with E-state index in [2.05, 4.69) is 15.3 Å². The molecule has 0 aliphatic rings. The lowest BCUT2D eigenvalue weighted by Crippen LogP contribution is -2.16. The molecule has 31 heavy (non-hydrogen) atoms. The van der Waals surface area contributed by atoms with Crippen LogP contribution in [0.3, 0.4) is 0 Å². The number of benzene rings is 2. The van der Waals surface area contributed by atoms with Crippen molar-refractivity contribution < 1.29 is 26.8 Å². The lowest BCUT2D eigenvalue weighted by molar-refractivity contribution is 0.0670. The highest BCUT2D eigenvalue weighted by Gasteiger charge is 2.20. The van der Waals surface area contributed by atoms with Gasteiger partial charge in [-0.1, -0.05) is 6.07 Å². The number of hydrogen-bond donors (Lipinski definition) is 1. The number of halogens is 4. The maximum absolute atomic E-state index is 13.7. The minimum atomic E-state index is -3.09. The number of rotatable bonds is 4. The molecule has 2 heterocycles. The highest BCUT2D eigenvalue weighted by Crippen LogP contribution is 2.28. The van der Waals surface area contributed by atoms with E-state index in [0.717, 1.165) is 24.4 Å². The Morgan fingerprint density at radius 3 is 2.45 bits per heavy atom. The molecule has 2 aromatic heterocycles. The number of anilines is 1. The summed E-state index contributed by atoms with van der Waals surface area (Å²) in [6.45, 7) is -1.43. The zero-order chi connectivity index (χ0) is 22.3. The summed E-state index contributed by atoms with van der Waals surface area (Å²) in [5.41, 5.74) is 0.337. The molecule has 7 nitrogen and oxygen atoms in total. The first-order valence-electron chi connectivity index (χ1n) is 8.78. The van der Waals surface area contributed by atoms with E-state index in [-0.39, 0.29) is 27.2 Å². The van der Waals surface area contributed by atoms with Crippen LogP contribution in [0.15, 0.2) is 51.9 Å². The van der Waals surface area contributed by atoms with Crippen LogP contribution in [0.25, 0.3) is 22.4 Å². The van der Waals surface area contributed by atoms with Crippen molar-refractivity contribution in [2.75, 3.05) is 5.32 Å². The van der Waals surface area contributed by atoms with Crippen LogP contribution >= 0.6 is 0 Å². The number of nitrogens with one attached hydrogen (secondary N) is 1. The van der Waals surface area contributed by atoms with Crippen LogP contribution in [0.4, 0.5) is 23.4 Å². The van der Waals surface area contributed by atoms with Crippen LogP contribution in [-0.2, 0) is 0 Å². The van der Waals surface area contributed by atoms with Crippen LogP contribution in [0.5, 0.6) is 0 Å². The van der Waals surface area contributed by atoms with Gasteiger partial charge in [0.05, 0.1) is 23.6 Å². The molecule has 0 saturated carbocycles. The fourth-order valence-corrected chi connectivity index (χ4v) is 3.07. The first-order chi connectivity index (χ1) is 14.8. The molecule has 0 saturated heterocycles. The number of carbonyl (C=O) groups is 1. The minimum absolute atomic E-state index is 0.00435. The zero-order valence-corrected chi connectivity index (χ0v) is 15.7. The number of alkyl halides is 2. The number of fused-ring (bicyclic) bond motifs is 1. The summed E-state index contributed by atoms with van der Waals surface area (Å²) in [6.07, 6.45) is 2.39. The van der Waals surface area contributed by atoms with Crippen molar-refractivity contribution in [2.24, 2.45) is 0 Å². The van der Waals surface area contributed by atoms with Gasteiger partial charge in [0, 0.05) is 5.56 Å². The number of hydrogen-bond acceptors (Lipinski definition) is 5. The Bertz CT molecular complexity index is 1340. The van der Waals surface area contributed by atoms with Crippen molar-refractivity contribution in [3.05, 3.63) is 76.0 Å². The SMILES string of the molecule is Cc1cc2oc(=O)n(C(F)F)c2cc1-c1cnc(NC(=O)c2c(F)cccc2F)cn1. The van der Waals surface area contributed by atoms with E-state index in [1.165, 1.54) is 18.3 Å². The molecule has 0 bridgehead atoms. The summed E-state index contributed by atoms with van der Waals surface area (Å²) in [4.78, 5) is 31.9. The van der Waals surface area contributed by atoms with Crippen molar-refractivity contribution in [1.29, 1.82) is 0 Å². The molecule has 0 aliphatic heterocycles. The van der Waals surface area contributed by atoms with Gasteiger partial charge in [-0.05, 0) is 36.8 Å². The quantitative estimate of drug-likeness (QED) is 0.486. The highest BCUT2D eigenvalue weighted by atomic mass is 19.3. The Morgan fingerprint density at radius 1 is 1.13 bits per heavy atom. The van der Waals surface area contributed by atoms with Gasteiger partial charge in [-0.2, -0.15) is 8.78 Å². The minimum Gasteiger partial charge on any atom is -0.408 e. The smallest absolute Gasteiger partial charge is 0.408 e. The molecule has 1 amide bonds. The van der Waals surface area contributed by atoms with Crippen molar-refractivity contribution in [2.45, 2.75) is 13.5 Å². The summed E-state index contributed by atoms with van der Waals surface area (Å²) < 4.78 is 58.9. The van der Waals surface area contributed by atoms with Gasteiger partial charge in [0.2, 0.25) is 0 Å². The van der Waals surface area contributed by atoms with Gasteiger partial charge in [-0.25, -0.2) is 23.1 Å². The molecule has 0 aliphatic carbocycles. The van der Waals surface area contributed by atoms with Gasteiger partial charge in [-0.15, -0.1) is 0 Å². The van der Waals surface area contributed by atoms with Gasteiger partial charge in [0.25, 0.3) is 5.91 Å². The molecule has 4 aromatic rings. The summed E-state index contributed by atoms with van der Waals surface area (Å²) >= 11 is 0. The van der Waals surface area contributed by atoms with E-state index in [9.17, 15) is 27.2 Å². The van der Waals surface area contributed by atoms with E-state index in [1.54, 1.807) is 6.92 Å². The van der Waals surface area contributed by atoms with Gasteiger partial charge >= 0.3 is 12.3 Å². The number of aryl methyl sites for hydroxylation is 1. The molecule has 1 N–H and O–H groups in total. The fraction of sp³-hybridized carbons (Fsp3) is 0.100. The Hall–Kier alpha value is -4.02. The van der Waals surface area contributed by atoms with E-state index in [0.29, 0.717) is 11.1 Å². The Morgan fingerprint density at radius 2 is 1.84 bits per heavy atom.